The summed E-state index contributed by atoms with van der Waals surface area (Å²) in [6, 6.07) is 9.40. The van der Waals surface area contributed by atoms with Crippen LogP contribution in [0.5, 0.6) is 5.75 Å². The van der Waals surface area contributed by atoms with Crippen LogP contribution in [0, 0.1) is 0 Å². The summed E-state index contributed by atoms with van der Waals surface area (Å²) in [6.07, 6.45) is -0.374. The number of rotatable bonds is 5. The summed E-state index contributed by atoms with van der Waals surface area (Å²) < 4.78 is 43.5. The summed E-state index contributed by atoms with van der Waals surface area (Å²) >= 11 is 0. The Morgan fingerprint density at radius 3 is 2.84 bits per heavy atom. The molecule has 0 unspecified atom stereocenters. The summed E-state index contributed by atoms with van der Waals surface area (Å²) in [6.45, 7) is 5.58. The van der Waals surface area contributed by atoms with Gasteiger partial charge in [-0.15, -0.1) is 13.2 Å². The van der Waals surface area contributed by atoms with E-state index in [4.69, 9.17) is 4.98 Å². The highest BCUT2D eigenvalue weighted by molar-refractivity contribution is 5.75. The molecule has 4 rings (SSSR count). The number of hydrogen-bond donors (Lipinski definition) is 2. The van der Waals surface area contributed by atoms with Crippen molar-refractivity contribution in [3.05, 3.63) is 61.2 Å². The first kappa shape index (κ1) is 20.6. The van der Waals surface area contributed by atoms with Crippen LogP contribution >= 0.6 is 0 Å². The van der Waals surface area contributed by atoms with Gasteiger partial charge >= 0.3 is 6.36 Å². The Labute approximate surface area is 177 Å². The minimum Gasteiger partial charge on any atom is -0.406 e. The molecule has 0 fully saturated rings. The van der Waals surface area contributed by atoms with Crippen molar-refractivity contribution in [1.29, 1.82) is 0 Å². The average molecular weight is 430 g/mol. The van der Waals surface area contributed by atoms with Gasteiger partial charge in [0.05, 0.1) is 23.3 Å². The second-order valence-electron chi connectivity index (χ2n) is 7.05. The molecule has 3 heterocycles. The van der Waals surface area contributed by atoms with E-state index in [1.54, 1.807) is 23.0 Å². The van der Waals surface area contributed by atoms with Gasteiger partial charge in [-0.3, -0.25) is 4.68 Å². The van der Waals surface area contributed by atoms with Crippen LogP contribution in [-0.2, 0) is 7.05 Å². The lowest BCUT2D eigenvalue weighted by Gasteiger charge is -2.26. The van der Waals surface area contributed by atoms with Crippen molar-refractivity contribution in [2.24, 2.45) is 7.05 Å². The number of fused-ring (bicyclic) bond motifs is 1. The Balaban J connectivity index is 1.65. The summed E-state index contributed by atoms with van der Waals surface area (Å²) in [5, 5.41) is 10.7. The smallest absolute Gasteiger partial charge is 0.406 e. The maximum Gasteiger partial charge on any atom is 0.573 e. The van der Waals surface area contributed by atoms with Gasteiger partial charge in [-0.05, 0) is 30.7 Å². The lowest BCUT2D eigenvalue weighted by Crippen LogP contribution is -2.27. The lowest BCUT2D eigenvalue weighted by molar-refractivity contribution is -0.274. The molecule has 0 amide bonds. The van der Waals surface area contributed by atoms with E-state index in [2.05, 4.69) is 27.0 Å². The number of pyridine rings is 1. The van der Waals surface area contributed by atoms with Crippen molar-refractivity contribution in [1.82, 2.24) is 14.8 Å². The number of alkyl halides is 3. The van der Waals surface area contributed by atoms with Gasteiger partial charge in [0.2, 0.25) is 0 Å². The molecule has 3 aromatic rings. The lowest BCUT2D eigenvalue weighted by atomic mass is 10.1. The SMILES string of the molecule is C=C(Nc1cnn(C)c1)N1CCCNc2ccc(-c3cccc(OC(F)(F)F)c3)nc21. The first-order valence-corrected chi connectivity index (χ1v) is 9.62. The fraction of sp³-hybridized carbons (Fsp3) is 0.238. The van der Waals surface area contributed by atoms with Crippen molar-refractivity contribution < 1.29 is 17.9 Å². The molecule has 2 aromatic heterocycles. The summed E-state index contributed by atoms with van der Waals surface area (Å²) in [5.41, 5.74) is 2.64. The van der Waals surface area contributed by atoms with E-state index < -0.39 is 6.36 Å². The number of anilines is 3. The van der Waals surface area contributed by atoms with Crippen LogP contribution in [-0.4, -0.2) is 34.2 Å². The molecular formula is C21H21F3N6O. The topological polar surface area (TPSA) is 67.2 Å². The van der Waals surface area contributed by atoms with Crippen molar-refractivity contribution in [2.45, 2.75) is 12.8 Å². The molecule has 10 heteroatoms. The first-order valence-electron chi connectivity index (χ1n) is 9.62. The predicted octanol–water partition coefficient (Wildman–Crippen LogP) is 4.59. The molecular weight excluding hydrogens is 409 g/mol. The molecule has 0 atom stereocenters. The number of ether oxygens (including phenoxy) is 1. The summed E-state index contributed by atoms with van der Waals surface area (Å²) in [7, 11) is 1.82. The van der Waals surface area contributed by atoms with E-state index >= 15 is 0 Å². The van der Waals surface area contributed by atoms with Crippen LogP contribution < -0.4 is 20.3 Å². The Kier molecular flexibility index (Phi) is 5.45. The Morgan fingerprint density at radius 2 is 2.10 bits per heavy atom. The molecule has 0 radical (unpaired) electrons. The molecule has 0 aliphatic carbocycles. The maximum atomic E-state index is 12.6. The van der Waals surface area contributed by atoms with E-state index in [0.717, 1.165) is 24.3 Å². The number of hydrogen-bond acceptors (Lipinski definition) is 6. The largest absolute Gasteiger partial charge is 0.573 e. The van der Waals surface area contributed by atoms with E-state index in [-0.39, 0.29) is 5.75 Å². The molecule has 1 aromatic carbocycles. The third-order valence-corrected chi connectivity index (χ3v) is 4.69. The van der Waals surface area contributed by atoms with Crippen LogP contribution in [0.1, 0.15) is 6.42 Å². The second-order valence-corrected chi connectivity index (χ2v) is 7.05. The van der Waals surface area contributed by atoms with Crippen LogP contribution in [0.15, 0.2) is 61.2 Å². The van der Waals surface area contributed by atoms with Crippen LogP contribution in [0.2, 0.25) is 0 Å². The zero-order valence-corrected chi connectivity index (χ0v) is 16.8. The minimum absolute atomic E-state index is 0.292. The van der Waals surface area contributed by atoms with Gasteiger partial charge in [0.1, 0.15) is 11.6 Å². The van der Waals surface area contributed by atoms with Gasteiger partial charge in [-0.2, -0.15) is 5.10 Å². The van der Waals surface area contributed by atoms with Gasteiger partial charge in [0, 0.05) is 31.9 Å². The van der Waals surface area contributed by atoms with Gasteiger partial charge < -0.3 is 20.3 Å². The number of aromatic nitrogens is 3. The predicted molar refractivity (Wildman–Crippen MR) is 113 cm³/mol. The fourth-order valence-corrected chi connectivity index (χ4v) is 3.35. The number of nitrogens with one attached hydrogen (secondary N) is 2. The zero-order chi connectivity index (χ0) is 22.0. The molecule has 0 spiro atoms. The van der Waals surface area contributed by atoms with Gasteiger partial charge in [-0.1, -0.05) is 18.7 Å². The molecule has 1 aliphatic heterocycles. The molecule has 31 heavy (non-hydrogen) atoms. The van der Waals surface area contributed by atoms with E-state index in [9.17, 15) is 13.2 Å². The quantitative estimate of drug-likeness (QED) is 0.618. The highest BCUT2D eigenvalue weighted by atomic mass is 19.4. The molecule has 2 N–H and O–H groups in total. The van der Waals surface area contributed by atoms with Crippen molar-refractivity contribution in [3.8, 4) is 17.0 Å². The van der Waals surface area contributed by atoms with E-state index in [1.807, 2.05) is 24.2 Å². The maximum absolute atomic E-state index is 12.6. The molecule has 1 aliphatic rings. The molecule has 162 valence electrons. The Bertz CT molecular complexity index is 1090. The molecule has 7 nitrogen and oxygen atoms in total. The van der Waals surface area contributed by atoms with Crippen LogP contribution in [0.3, 0.4) is 0 Å². The highest BCUT2D eigenvalue weighted by Gasteiger charge is 2.31. The van der Waals surface area contributed by atoms with Gasteiger partial charge in [0.15, 0.2) is 5.82 Å². The zero-order valence-electron chi connectivity index (χ0n) is 16.8. The molecule has 0 saturated heterocycles. The highest BCUT2D eigenvalue weighted by Crippen LogP contribution is 2.33. The average Bonchev–Trinajstić information content (AvgIpc) is 2.99. The van der Waals surface area contributed by atoms with E-state index in [0.29, 0.717) is 29.4 Å². The number of halogens is 3. The van der Waals surface area contributed by atoms with Gasteiger partial charge in [0.25, 0.3) is 0 Å². The van der Waals surface area contributed by atoms with Crippen molar-refractivity contribution in [3.63, 3.8) is 0 Å². The van der Waals surface area contributed by atoms with Crippen LogP contribution in [0.25, 0.3) is 11.3 Å². The summed E-state index contributed by atoms with van der Waals surface area (Å²) in [4.78, 5) is 6.68. The normalized spacial score (nSPS) is 13.7. The Morgan fingerprint density at radius 1 is 1.26 bits per heavy atom. The van der Waals surface area contributed by atoms with Gasteiger partial charge in [-0.25, -0.2) is 4.98 Å². The fourth-order valence-electron chi connectivity index (χ4n) is 3.35. The molecule has 0 bridgehead atoms. The standard InChI is InChI=1S/C21H21F3N6O/c1-14(27-16-12-26-29(2)13-16)30-10-4-9-25-19-8-7-18(28-20(19)30)15-5-3-6-17(11-15)31-21(22,23)24/h3,5-8,11-13,25,27H,1,4,9-10H2,2H3. The number of benzene rings is 1. The van der Waals surface area contributed by atoms with E-state index in [1.165, 1.54) is 18.2 Å². The van der Waals surface area contributed by atoms with Crippen molar-refractivity contribution in [2.75, 3.05) is 28.6 Å². The number of nitrogens with zero attached hydrogens (tertiary/aromatic N) is 4. The molecule has 0 saturated carbocycles. The van der Waals surface area contributed by atoms with Crippen molar-refractivity contribution >= 4 is 17.2 Å². The van der Waals surface area contributed by atoms with Crippen LogP contribution in [0.4, 0.5) is 30.4 Å². The third kappa shape index (κ3) is 4.90. The minimum atomic E-state index is -4.75. The summed E-state index contributed by atoms with van der Waals surface area (Å²) in [5.74, 6) is 0.967. The number of aryl methyl sites for hydroxylation is 1. The second kappa shape index (κ2) is 8.21. The third-order valence-electron chi connectivity index (χ3n) is 4.69. The Hall–Kier alpha value is -3.69. The first-order chi connectivity index (χ1) is 14.8. The monoisotopic (exact) mass is 430 g/mol.